The molecule has 1 fully saturated rings. The number of nitrogens with two attached hydrogens (primary N) is 1. The standard InChI is InChI=1S/C16H26N4O/c1-19-8-9-20(2)15(12-19)11-18-16(21)7-6-13-4-3-5-14(17)10-13/h3-5,10,15H,6-9,11-12,17H2,1-2H3,(H,18,21). The zero-order chi connectivity index (χ0) is 15.2. The highest BCUT2D eigenvalue weighted by Crippen LogP contribution is 2.09. The maximum Gasteiger partial charge on any atom is 0.220 e. The van der Waals surface area contributed by atoms with Crippen LogP contribution in [0.4, 0.5) is 5.69 Å². The third-order valence-corrected chi connectivity index (χ3v) is 4.11. The maximum atomic E-state index is 12.0. The van der Waals surface area contributed by atoms with Gasteiger partial charge in [0.05, 0.1) is 0 Å². The van der Waals surface area contributed by atoms with Gasteiger partial charge in [0, 0.05) is 44.3 Å². The molecule has 1 atom stereocenters. The van der Waals surface area contributed by atoms with Gasteiger partial charge in [0.2, 0.25) is 5.91 Å². The highest BCUT2D eigenvalue weighted by Gasteiger charge is 2.22. The fourth-order valence-electron chi connectivity index (χ4n) is 2.65. The second-order valence-electron chi connectivity index (χ2n) is 5.95. The summed E-state index contributed by atoms with van der Waals surface area (Å²) in [5.41, 5.74) is 7.60. The van der Waals surface area contributed by atoms with Gasteiger partial charge in [-0.05, 0) is 38.2 Å². The molecule has 1 unspecified atom stereocenters. The molecule has 0 aliphatic carbocycles. The number of nitrogen functional groups attached to an aromatic ring is 1. The normalized spacial score (nSPS) is 20.4. The van der Waals surface area contributed by atoms with E-state index in [0.717, 1.165) is 43.9 Å². The van der Waals surface area contributed by atoms with Gasteiger partial charge in [0.15, 0.2) is 0 Å². The number of carbonyl (C=O) groups is 1. The van der Waals surface area contributed by atoms with Gasteiger partial charge >= 0.3 is 0 Å². The number of aryl methyl sites for hydroxylation is 1. The fourth-order valence-corrected chi connectivity index (χ4v) is 2.65. The van der Waals surface area contributed by atoms with E-state index in [1.807, 2.05) is 24.3 Å². The van der Waals surface area contributed by atoms with E-state index in [1.54, 1.807) is 0 Å². The number of carbonyl (C=O) groups excluding carboxylic acids is 1. The van der Waals surface area contributed by atoms with Gasteiger partial charge in [-0.2, -0.15) is 0 Å². The monoisotopic (exact) mass is 290 g/mol. The lowest BCUT2D eigenvalue weighted by Gasteiger charge is -2.37. The number of benzene rings is 1. The molecule has 1 amide bonds. The average Bonchev–Trinajstić information content (AvgIpc) is 2.46. The smallest absolute Gasteiger partial charge is 0.220 e. The Labute approximate surface area is 127 Å². The van der Waals surface area contributed by atoms with E-state index in [-0.39, 0.29) is 5.91 Å². The van der Waals surface area contributed by atoms with Crippen molar-refractivity contribution >= 4 is 11.6 Å². The van der Waals surface area contributed by atoms with E-state index >= 15 is 0 Å². The molecule has 3 N–H and O–H groups in total. The third kappa shape index (κ3) is 5.02. The molecular weight excluding hydrogens is 264 g/mol. The van der Waals surface area contributed by atoms with E-state index in [4.69, 9.17) is 5.73 Å². The SMILES string of the molecule is CN1CCN(C)C(CNC(=O)CCc2cccc(N)c2)C1. The van der Waals surface area contributed by atoms with Gasteiger partial charge < -0.3 is 16.0 Å². The number of nitrogens with one attached hydrogen (secondary N) is 1. The first-order chi connectivity index (χ1) is 10.0. The van der Waals surface area contributed by atoms with E-state index in [2.05, 4.69) is 29.2 Å². The van der Waals surface area contributed by atoms with Crippen molar-refractivity contribution in [3.8, 4) is 0 Å². The summed E-state index contributed by atoms with van der Waals surface area (Å²) in [7, 11) is 4.25. The van der Waals surface area contributed by atoms with Crippen LogP contribution in [0.25, 0.3) is 0 Å². The van der Waals surface area contributed by atoms with Crippen LogP contribution in [0.15, 0.2) is 24.3 Å². The van der Waals surface area contributed by atoms with Crippen LogP contribution in [0, 0.1) is 0 Å². The third-order valence-electron chi connectivity index (χ3n) is 4.11. The van der Waals surface area contributed by atoms with Crippen LogP contribution >= 0.6 is 0 Å². The largest absolute Gasteiger partial charge is 0.399 e. The number of piperazine rings is 1. The molecule has 1 aromatic carbocycles. The first-order valence-corrected chi connectivity index (χ1v) is 7.54. The molecule has 0 aromatic heterocycles. The van der Waals surface area contributed by atoms with Gasteiger partial charge in [-0.1, -0.05) is 12.1 Å². The molecule has 116 valence electrons. The summed E-state index contributed by atoms with van der Waals surface area (Å²) in [6, 6.07) is 8.12. The Balaban J connectivity index is 1.72. The van der Waals surface area contributed by atoms with Crippen molar-refractivity contribution < 1.29 is 4.79 Å². The van der Waals surface area contributed by atoms with Crippen LogP contribution < -0.4 is 11.1 Å². The highest BCUT2D eigenvalue weighted by molar-refractivity contribution is 5.76. The lowest BCUT2D eigenvalue weighted by atomic mass is 10.1. The Morgan fingerprint density at radius 2 is 2.19 bits per heavy atom. The van der Waals surface area contributed by atoms with Crippen molar-refractivity contribution in [2.75, 3.05) is 46.0 Å². The first kappa shape index (κ1) is 15.8. The maximum absolute atomic E-state index is 12.0. The van der Waals surface area contributed by atoms with Crippen molar-refractivity contribution in [3.05, 3.63) is 29.8 Å². The predicted molar refractivity (Wildman–Crippen MR) is 86.1 cm³/mol. The highest BCUT2D eigenvalue weighted by atomic mass is 16.1. The predicted octanol–water partition coefficient (Wildman–Crippen LogP) is 0.563. The molecule has 1 aromatic rings. The molecule has 1 aliphatic rings. The molecule has 0 radical (unpaired) electrons. The summed E-state index contributed by atoms with van der Waals surface area (Å²) in [6.07, 6.45) is 1.24. The molecule has 2 rings (SSSR count). The molecule has 5 heteroatoms. The fraction of sp³-hybridized carbons (Fsp3) is 0.562. The summed E-state index contributed by atoms with van der Waals surface area (Å²) in [4.78, 5) is 16.6. The number of amides is 1. The van der Waals surface area contributed by atoms with Crippen LogP contribution in [0.5, 0.6) is 0 Å². The molecule has 5 nitrogen and oxygen atoms in total. The number of likely N-dealkylation sites (N-methyl/N-ethyl adjacent to an activating group) is 2. The van der Waals surface area contributed by atoms with E-state index < -0.39 is 0 Å². The zero-order valence-electron chi connectivity index (χ0n) is 13.0. The van der Waals surface area contributed by atoms with E-state index in [0.29, 0.717) is 12.5 Å². The van der Waals surface area contributed by atoms with Crippen LogP contribution in [0.2, 0.25) is 0 Å². The van der Waals surface area contributed by atoms with Crippen molar-refractivity contribution in [1.82, 2.24) is 15.1 Å². The van der Waals surface area contributed by atoms with Gasteiger partial charge in [-0.15, -0.1) is 0 Å². The Kier molecular flexibility index (Phi) is 5.59. The van der Waals surface area contributed by atoms with E-state index in [1.165, 1.54) is 0 Å². The Hall–Kier alpha value is -1.59. The number of hydrogen-bond acceptors (Lipinski definition) is 4. The van der Waals surface area contributed by atoms with Crippen LogP contribution in [-0.4, -0.2) is 62.0 Å². The van der Waals surface area contributed by atoms with Crippen molar-refractivity contribution in [2.45, 2.75) is 18.9 Å². The summed E-state index contributed by atoms with van der Waals surface area (Å²) in [5, 5.41) is 3.05. The molecule has 0 bridgehead atoms. The second kappa shape index (κ2) is 7.43. The molecule has 0 spiro atoms. The topological polar surface area (TPSA) is 61.6 Å². The first-order valence-electron chi connectivity index (χ1n) is 7.54. The van der Waals surface area contributed by atoms with Crippen molar-refractivity contribution in [3.63, 3.8) is 0 Å². The molecule has 0 saturated carbocycles. The molecule has 21 heavy (non-hydrogen) atoms. The van der Waals surface area contributed by atoms with Crippen molar-refractivity contribution in [1.29, 1.82) is 0 Å². The summed E-state index contributed by atoms with van der Waals surface area (Å²) < 4.78 is 0. The van der Waals surface area contributed by atoms with Gasteiger partial charge in [0.1, 0.15) is 0 Å². The molecule has 1 aliphatic heterocycles. The quantitative estimate of drug-likeness (QED) is 0.778. The van der Waals surface area contributed by atoms with Gasteiger partial charge in [0.25, 0.3) is 0 Å². The second-order valence-corrected chi connectivity index (χ2v) is 5.95. The number of hydrogen-bond donors (Lipinski definition) is 2. The number of anilines is 1. The van der Waals surface area contributed by atoms with Crippen LogP contribution in [0.3, 0.4) is 0 Å². The Bertz CT molecular complexity index is 477. The Morgan fingerprint density at radius 1 is 1.38 bits per heavy atom. The summed E-state index contributed by atoms with van der Waals surface area (Å²) in [6.45, 7) is 3.87. The van der Waals surface area contributed by atoms with Crippen molar-refractivity contribution in [2.24, 2.45) is 0 Å². The van der Waals surface area contributed by atoms with Gasteiger partial charge in [-0.25, -0.2) is 0 Å². The molecule has 1 heterocycles. The number of nitrogens with zero attached hydrogens (tertiary/aromatic N) is 2. The minimum Gasteiger partial charge on any atom is -0.399 e. The summed E-state index contributed by atoms with van der Waals surface area (Å²) in [5.74, 6) is 0.110. The molecular formula is C16H26N4O. The molecule has 1 saturated heterocycles. The lowest BCUT2D eigenvalue weighted by Crippen LogP contribution is -2.54. The van der Waals surface area contributed by atoms with E-state index in [9.17, 15) is 4.79 Å². The Morgan fingerprint density at radius 3 is 2.95 bits per heavy atom. The van der Waals surface area contributed by atoms with Gasteiger partial charge in [-0.3, -0.25) is 9.69 Å². The zero-order valence-corrected chi connectivity index (χ0v) is 13.0. The minimum atomic E-state index is 0.110. The van der Waals surface area contributed by atoms with Crippen LogP contribution in [0.1, 0.15) is 12.0 Å². The number of rotatable bonds is 5. The lowest BCUT2D eigenvalue weighted by molar-refractivity contribution is -0.121. The summed E-state index contributed by atoms with van der Waals surface area (Å²) >= 11 is 0. The average molecular weight is 290 g/mol. The van der Waals surface area contributed by atoms with Crippen LogP contribution in [-0.2, 0) is 11.2 Å². The minimum absolute atomic E-state index is 0.110.